The van der Waals surface area contributed by atoms with Crippen molar-refractivity contribution in [3.05, 3.63) is 48.6 Å². The second kappa shape index (κ2) is 37.6. The Bertz CT molecular complexity index is 800. The van der Waals surface area contributed by atoms with Crippen molar-refractivity contribution in [2.45, 2.75) is 233 Å². The first-order valence-corrected chi connectivity index (χ1v) is 21.5. The molecule has 0 saturated heterocycles. The number of rotatable bonds is 36. The monoisotopic (exact) mass is 684 g/mol. The van der Waals surface area contributed by atoms with E-state index in [-0.39, 0.29) is 12.1 Å². The Morgan fingerprint density at radius 3 is 1.24 bits per heavy atom. The first-order chi connectivity index (χ1) is 23.9. The minimum atomic E-state index is 0.0140. The van der Waals surface area contributed by atoms with E-state index in [1.807, 2.05) is 0 Å². The predicted octanol–water partition coefficient (Wildman–Crippen LogP) is 14.8. The smallest absolute Gasteiger partial charge is 0.306 e. The predicted molar refractivity (Wildman–Crippen MR) is 219 cm³/mol. The van der Waals surface area contributed by atoms with Crippen LogP contribution in [0.1, 0.15) is 215 Å². The molecular weight excluding hydrogens is 599 g/mol. The summed E-state index contributed by atoms with van der Waals surface area (Å²) in [5.41, 5.74) is 0. The summed E-state index contributed by atoms with van der Waals surface area (Å²) in [4.78, 5) is 15.3. The number of carbonyl (C=O) groups excluding carboxylic acids is 1. The molecule has 3 heteroatoms. The second-order valence-electron chi connectivity index (χ2n) is 15.0. The Hall–Kier alpha value is -1.61. The van der Waals surface area contributed by atoms with Gasteiger partial charge in [0.1, 0.15) is 6.10 Å². The third-order valence-electron chi connectivity index (χ3n) is 9.63. The summed E-state index contributed by atoms with van der Waals surface area (Å²) in [5.74, 6) is 0.0140. The zero-order chi connectivity index (χ0) is 36.0. The molecule has 0 bridgehead atoms. The molecule has 0 aliphatic rings. The Balaban J connectivity index is 4.29. The van der Waals surface area contributed by atoms with E-state index in [1.54, 1.807) is 0 Å². The molecule has 0 aromatic rings. The van der Waals surface area contributed by atoms with Crippen LogP contribution in [0.25, 0.3) is 0 Å². The quantitative estimate of drug-likeness (QED) is 0.0374. The van der Waals surface area contributed by atoms with Gasteiger partial charge in [-0.15, -0.1) is 0 Å². The summed E-state index contributed by atoms with van der Waals surface area (Å²) in [6, 6.07) is 1.01. The van der Waals surface area contributed by atoms with Gasteiger partial charge in [0.2, 0.25) is 0 Å². The number of ether oxygens (including phenoxy) is 1. The number of allylic oxidation sites excluding steroid dienone is 8. The molecule has 0 radical (unpaired) electrons. The molecule has 0 rings (SSSR count). The maximum atomic E-state index is 12.8. The molecule has 0 heterocycles. The highest BCUT2D eigenvalue weighted by atomic mass is 16.5. The van der Waals surface area contributed by atoms with Crippen molar-refractivity contribution in [2.24, 2.45) is 0 Å². The lowest BCUT2D eigenvalue weighted by molar-refractivity contribution is -0.150. The number of carbonyl (C=O) groups is 1. The minimum absolute atomic E-state index is 0.0140. The summed E-state index contributed by atoms with van der Waals surface area (Å²) in [6.45, 7) is 14.5. The van der Waals surface area contributed by atoms with Crippen LogP contribution in [-0.4, -0.2) is 35.6 Å². The Morgan fingerprint density at radius 2 is 0.857 bits per heavy atom. The molecule has 1 atom stereocenters. The van der Waals surface area contributed by atoms with Gasteiger partial charge in [-0.3, -0.25) is 9.69 Å². The first-order valence-electron chi connectivity index (χ1n) is 21.5. The van der Waals surface area contributed by atoms with Crippen LogP contribution < -0.4 is 0 Å². The number of unbranched alkanes of at least 4 members (excludes halogenated alkanes) is 17. The summed E-state index contributed by atoms with van der Waals surface area (Å²) in [5, 5.41) is 0. The standard InChI is InChI=1S/C46H85NO2/c1-7-9-11-13-15-17-19-21-23-25-27-29-31-33-35-37-40-45(49-46(48)41-38-42-47(43(3)4)44(5)6)39-36-34-32-30-28-26-24-22-20-18-16-14-12-10-8-2/h15-18,21-24,43-45H,7-14,19-20,25-42H2,1-6H3/b17-15-,18-16-,23-21-,24-22-. The van der Waals surface area contributed by atoms with Gasteiger partial charge in [0.25, 0.3) is 0 Å². The van der Waals surface area contributed by atoms with Gasteiger partial charge >= 0.3 is 5.97 Å². The van der Waals surface area contributed by atoms with Crippen LogP contribution in [-0.2, 0) is 9.53 Å². The maximum Gasteiger partial charge on any atom is 0.306 e. The van der Waals surface area contributed by atoms with Gasteiger partial charge in [-0.25, -0.2) is 0 Å². The zero-order valence-corrected chi connectivity index (χ0v) is 33.9. The molecular formula is C46H85NO2. The number of nitrogens with zero attached hydrogens (tertiary/aromatic N) is 1. The molecule has 0 aromatic heterocycles. The Morgan fingerprint density at radius 1 is 0.490 bits per heavy atom. The van der Waals surface area contributed by atoms with Crippen LogP contribution in [0.3, 0.4) is 0 Å². The van der Waals surface area contributed by atoms with Crippen molar-refractivity contribution >= 4 is 5.97 Å². The molecule has 0 amide bonds. The average Bonchev–Trinajstić information content (AvgIpc) is 3.07. The molecule has 1 unspecified atom stereocenters. The molecule has 0 N–H and O–H groups in total. The van der Waals surface area contributed by atoms with Gasteiger partial charge in [-0.2, -0.15) is 0 Å². The molecule has 286 valence electrons. The third-order valence-corrected chi connectivity index (χ3v) is 9.63. The molecule has 0 spiro atoms. The normalized spacial score (nSPS) is 13.2. The molecule has 0 aromatic carbocycles. The van der Waals surface area contributed by atoms with Gasteiger partial charge in [0.05, 0.1) is 0 Å². The van der Waals surface area contributed by atoms with Gasteiger partial charge in [-0.1, -0.05) is 133 Å². The first kappa shape index (κ1) is 47.4. The van der Waals surface area contributed by atoms with Crippen LogP contribution in [0.15, 0.2) is 48.6 Å². The van der Waals surface area contributed by atoms with Crippen LogP contribution in [0, 0.1) is 0 Å². The van der Waals surface area contributed by atoms with Crippen molar-refractivity contribution in [1.82, 2.24) is 4.90 Å². The van der Waals surface area contributed by atoms with E-state index >= 15 is 0 Å². The van der Waals surface area contributed by atoms with E-state index < -0.39 is 0 Å². The van der Waals surface area contributed by atoms with E-state index in [0.717, 1.165) is 38.6 Å². The molecule has 3 nitrogen and oxygen atoms in total. The molecule has 49 heavy (non-hydrogen) atoms. The largest absolute Gasteiger partial charge is 0.462 e. The van der Waals surface area contributed by atoms with Crippen LogP contribution in [0.2, 0.25) is 0 Å². The lowest BCUT2D eigenvalue weighted by Crippen LogP contribution is -2.37. The Kier molecular flexibility index (Phi) is 36.4. The molecule has 0 aliphatic carbocycles. The van der Waals surface area contributed by atoms with Crippen molar-refractivity contribution in [1.29, 1.82) is 0 Å². The topological polar surface area (TPSA) is 29.5 Å². The van der Waals surface area contributed by atoms with Crippen molar-refractivity contribution < 1.29 is 9.53 Å². The molecule has 0 aliphatic heterocycles. The highest BCUT2D eigenvalue weighted by Crippen LogP contribution is 2.18. The van der Waals surface area contributed by atoms with Crippen LogP contribution in [0.5, 0.6) is 0 Å². The van der Waals surface area contributed by atoms with Gasteiger partial charge in [0.15, 0.2) is 0 Å². The zero-order valence-electron chi connectivity index (χ0n) is 33.9. The maximum absolute atomic E-state index is 12.8. The van der Waals surface area contributed by atoms with E-state index in [0.29, 0.717) is 18.5 Å². The summed E-state index contributed by atoms with van der Waals surface area (Å²) < 4.78 is 6.11. The van der Waals surface area contributed by atoms with Crippen molar-refractivity contribution in [3.63, 3.8) is 0 Å². The molecule has 0 fully saturated rings. The Labute approximate surface area is 307 Å². The fourth-order valence-electron chi connectivity index (χ4n) is 6.57. The van der Waals surface area contributed by atoms with Crippen LogP contribution >= 0.6 is 0 Å². The summed E-state index contributed by atoms with van der Waals surface area (Å²) in [7, 11) is 0. The summed E-state index contributed by atoms with van der Waals surface area (Å²) >= 11 is 0. The van der Waals surface area contributed by atoms with Gasteiger partial charge in [0, 0.05) is 18.5 Å². The fraction of sp³-hybridized carbons (Fsp3) is 0.804. The van der Waals surface area contributed by atoms with Gasteiger partial charge in [-0.05, 0) is 131 Å². The SMILES string of the molecule is CCCCC/C=C\C/C=C\CCCCCCCCC(CCCCCCC/C=C\C/C=C\CCCCC)OC(=O)CCCN(C(C)C)C(C)C. The highest BCUT2D eigenvalue weighted by Gasteiger charge is 2.17. The van der Waals surface area contributed by atoms with Crippen molar-refractivity contribution in [2.75, 3.05) is 6.54 Å². The fourth-order valence-corrected chi connectivity index (χ4v) is 6.57. The van der Waals surface area contributed by atoms with E-state index in [2.05, 4.69) is 95.1 Å². The average molecular weight is 684 g/mol. The van der Waals surface area contributed by atoms with Crippen LogP contribution in [0.4, 0.5) is 0 Å². The minimum Gasteiger partial charge on any atom is -0.462 e. The number of hydrogen-bond donors (Lipinski definition) is 0. The number of esters is 1. The highest BCUT2D eigenvalue weighted by molar-refractivity contribution is 5.69. The van der Waals surface area contributed by atoms with Crippen molar-refractivity contribution in [3.8, 4) is 0 Å². The van der Waals surface area contributed by atoms with E-state index in [1.165, 1.54) is 135 Å². The van der Waals surface area contributed by atoms with E-state index in [4.69, 9.17) is 4.74 Å². The second-order valence-corrected chi connectivity index (χ2v) is 15.0. The third kappa shape index (κ3) is 34.6. The molecule has 0 saturated carbocycles. The van der Waals surface area contributed by atoms with Gasteiger partial charge < -0.3 is 4.74 Å². The lowest BCUT2D eigenvalue weighted by Gasteiger charge is -2.30. The number of hydrogen-bond acceptors (Lipinski definition) is 3. The lowest BCUT2D eigenvalue weighted by atomic mass is 10.0. The van der Waals surface area contributed by atoms with E-state index in [9.17, 15) is 4.79 Å². The summed E-state index contributed by atoms with van der Waals surface area (Å²) in [6.07, 6.45) is 51.3.